The third kappa shape index (κ3) is 6.45. The van der Waals surface area contributed by atoms with E-state index in [2.05, 4.69) is 42.8 Å². The van der Waals surface area contributed by atoms with Gasteiger partial charge in [0.1, 0.15) is 12.2 Å². The third-order valence-electron chi connectivity index (χ3n) is 5.81. The summed E-state index contributed by atoms with van der Waals surface area (Å²) < 4.78 is 24.1. The Morgan fingerprint density at radius 2 is 1.97 bits per heavy atom. The molecule has 182 valence electrons. The number of halogens is 2. The van der Waals surface area contributed by atoms with E-state index in [1.54, 1.807) is 33.2 Å². The van der Waals surface area contributed by atoms with Gasteiger partial charge in [-0.15, -0.1) is 0 Å². The molecule has 1 atom stereocenters. The number of rotatable bonds is 6. The predicted octanol–water partition coefficient (Wildman–Crippen LogP) is 3.44. The van der Waals surface area contributed by atoms with Crippen LogP contribution in [0.25, 0.3) is 0 Å². The molecule has 0 aromatic carbocycles. The number of carbonyl (C=O) groups excluding carboxylic acids is 2. The monoisotopic (exact) mass is 575 g/mol. The molecule has 2 aliphatic heterocycles. The Kier molecular flexibility index (Phi) is 8.01. The molecule has 0 saturated carbocycles. The molecule has 1 N–H and O–H groups in total. The number of alkyl carbamates (subject to hydrolysis) is 1. The first-order valence-corrected chi connectivity index (χ1v) is 12.1. The first kappa shape index (κ1) is 25.4. The van der Waals surface area contributed by atoms with Crippen LogP contribution in [-0.4, -0.2) is 69.8 Å². The summed E-state index contributed by atoms with van der Waals surface area (Å²) in [6, 6.07) is 0. The highest BCUT2D eigenvalue weighted by molar-refractivity contribution is 14.1. The van der Waals surface area contributed by atoms with Crippen molar-refractivity contribution in [1.29, 1.82) is 0 Å². The zero-order valence-electron chi connectivity index (χ0n) is 19.4. The number of likely N-dealkylation sites (tertiary alicyclic amines) is 1. The SMILES string of the molecule is CN1C(=O)C2(CCN(c3ncc(OC/C(=C/F)CNC(=O)OC(C)(C)C)cn3)CC2)CC1I. The summed E-state index contributed by atoms with van der Waals surface area (Å²) in [5.74, 6) is 1.21. The molecule has 3 rings (SSSR count). The van der Waals surface area contributed by atoms with Gasteiger partial charge in [0.05, 0.1) is 28.2 Å². The Hall–Kier alpha value is -2.18. The normalized spacial score (nSPS) is 20.8. The highest BCUT2D eigenvalue weighted by Gasteiger charge is 2.50. The largest absolute Gasteiger partial charge is 0.486 e. The highest BCUT2D eigenvalue weighted by atomic mass is 127. The number of amides is 2. The average Bonchev–Trinajstić information content (AvgIpc) is 2.97. The molecule has 1 aromatic rings. The number of carbonyl (C=O) groups is 2. The van der Waals surface area contributed by atoms with E-state index in [1.807, 2.05) is 11.9 Å². The number of anilines is 1. The Bertz CT molecular complexity index is 882. The molecule has 3 heterocycles. The van der Waals surface area contributed by atoms with E-state index in [4.69, 9.17) is 9.47 Å². The zero-order valence-corrected chi connectivity index (χ0v) is 21.6. The summed E-state index contributed by atoms with van der Waals surface area (Å²) in [4.78, 5) is 37.0. The summed E-state index contributed by atoms with van der Waals surface area (Å²) in [6.45, 7) is 6.59. The van der Waals surface area contributed by atoms with Crippen molar-refractivity contribution in [2.75, 3.05) is 38.2 Å². The molecule has 2 amide bonds. The summed E-state index contributed by atoms with van der Waals surface area (Å²) in [7, 11) is 1.87. The van der Waals surface area contributed by atoms with Crippen molar-refractivity contribution in [2.45, 2.75) is 49.7 Å². The van der Waals surface area contributed by atoms with Crippen LogP contribution in [0.1, 0.15) is 40.0 Å². The maximum absolute atomic E-state index is 13.2. The van der Waals surface area contributed by atoms with Crippen molar-refractivity contribution in [3.05, 3.63) is 24.3 Å². The number of alkyl halides is 1. The summed E-state index contributed by atoms with van der Waals surface area (Å²) in [5.41, 5.74) is -0.649. The molecule has 1 unspecified atom stereocenters. The van der Waals surface area contributed by atoms with Crippen molar-refractivity contribution < 1.29 is 23.5 Å². The van der Waals surface area contributed by atoms with Gasteiger partial charge < -0.3 is 24.6 Å². The molecule has 0 aliphatic carbocycles. The lowest BCUT2D eigenvalue weighted by molar-refractivity contribution is -0.136. The molecule has 0 bridgehead atoms. The van der Waals surface area contributed by atoms with Crippen molar-refractivity contribution >= 4 is 40.5 Å². The molecular weight excluding hydrogens is 544 g/mol. The van der Waals surface area contributed by atoms with Gasteiger partial charge in [-0.05, 0) is 40.0 Å². The lowest BCUT2D eigenvalue weighted by Gasteiger charge is -2.37. The fourth-order valence-electron chi connectivity index (χ4n) is 3.94. The number of hydrogen-bond donors (Lipinski definition) is 1. The van der Waals surface area contributed by atoms with Gasteiger partial charge in [-0.1, -0.05) is 22.6 Å². The number of hydrogen-bond acceptors (Lipinski definition) is 7. The fourth-order valence-corrected chi connectivity index (χ4v) is 5.04. The molecular formula is C22H31FIN5O4. The number of ether oxygens (including phenoxy) is 2. The van der Waals surface area contributed by atoms with Gasteiger partial charge in [-0.25, -0.2) is 19.2 Å². The van der Waals surface area contributed by atoms with Crippen molar-refractivity contribution in [1.82, 2.24) is 20.2 Å². The smallest absolute Gasteiger partial charge is 0.407 e. The van der Waals surface area contributed by atoms with Crippen molar-refractivity contribution in [2.24, 2.45) is 5.41 Å². The third-order valence-corrected chi connectivity index (χ3v) is 7.08. The van der Waals surface area contributed by atoms with E-state index in [0.29, 0.717) is 31.1 Å². The fraction of sp³-hybridized carbons (Fsp3) is 0.636. The second kappa shape index (κ2) is 10.4. The molecule has 1 spiro atoms. The van der Waals surface area contributed by atoms with E-state index in [-0.39, 0.29) is 34.1 Å². The van der Waals surface area contributed by atoms with Crippen LogP contribution in [0.3, 0.4) is 0 Å². The second-order valence-corrected chi connectivity index (χ2v) is 10.9. The van der Waals surface area contributed by atoms with Gasteiger partial charge in [0.15, 0.2) is 5.75 Å². The standard InChI is InChI=1S/C22H31FIN5O4/c1-21(2,3)33-20(31)27-11-15(10-23)14-32-16-12-25-19(26-13-16)29-7-5-22(6-8-29)9-17(24)28(4)18(22)30/h10,12-13,17H,5-9,11,14H2,1-4H3,(H,27,31)/b15-10+. The van der Waals surface area contributed by atoms with Crippen LogP contribution in [-0.2, 0) is 9.53 Å². The highest BCUT2D eigenvalue weighted by Crippen LogP contribution is 2.45. The minimum atomic E-state index is -0.630. The molecule has 2 fully saturated rings. The van der Waals surface area contributed by atoms with Gasteiger partial charge >= 0.3 is 6.09 Å². The Morgan fingerprint density at radius 3 is 2.48 bits per heavy atom. The molecule has 33 heavy (non-hydrogen) atoms. The van der Waals surface area contributed by atoms with Gasteiger partial charge in [0.2, 0.25) is 11.9 Å². The maximum atomic E-state index is 13.2. The molecule has 11 heteroatoms. The summed E-state index contributed by atoms with van der Waals surface area (Å²) >= 11 is 2.33. The van der Waals surface area contributed by atoms with E-state index in [0.717, 1.165) is 19.3 Å². The summed E-state index contributed by atoms with van der Waals surface area (Å²) in [5, 5.41) is 2.49. The first-order chi connectivity index (χ1) is 15.5. The van der Waals surface area contributed by atoms with Gasteiger partial charge in [-0.3, -0.25) is 4.79 Å². The minimum absolute atomic E-state index is 0.0358. The van der Waals surface area contributed by atoms with Gasteiger partial charge in [0, 0.05) is 32.3 Å². The topological polar surface area (TPSA) is 96.9 Å². The Morgan fingerprint density at radius 1 is 1.33 bits per heavy atom. The number of nitrogens with one attached hydrogen (secondary N) is 1. The van der Waals surface area contributed by atoms with Gasteiger partial charge in [-0.2, -0.15) is 0 Å². The zero-order chi connectivity index (χ0) is 24.2. The average molecular weight is 575 g/mol. The van der Waals surface area contributed by atoms with Crippen LogP contribution < -0.4 is 15.0 Å². The molecule has 2 saturated heterocycles. The molecule has 0 radical (unpaired) electrons. The number of piperidine rings is 1. The van der Waals surface area contributed by atoms with E-state index < -0.39 is 11.7 Å². The van der Waals surface area contributed by atoms with Crippen molar-refractivity contribution in [3.63, 3.8) is 0 Å². The lowest BCUT2D eigenvalue weighted by Crippen LogP contribution is -2.44. The maximum Gasteiger partial charge on any atom is 0.407 e. The van der Waals surface area contributed by atoms with Crippen LogP contribution in [0.5, 0.6) is 5.75 Å². The Labute approximate surface area is 207 Å². The van der Waals surface area contributed by atoms with E-state index >= 15 is 0 Å². The van der Waals surface area contributed by atoms with E-state index in [9.17, 15) is 14.0 Å². The molecule has 2 aliphatic rings. The van der Waals surface area contributed by atoms with Crippen LogP contribution in [0.15, 0.2) is 24.3 Å². The predicted molar refractivity (Wildman–Crippen MR) is 130 cm³/mol. The Balaban J connectivity index is 1.47. The molecule has 1 aromatic heterocycles. The number of aromatic nitrogens is 2. The van der Waals surface area contributed by atoms with Crippen LogP contribution >= 0.6 is 22.6 Å². The van der Waals surface area contributed by atoms with Crippen LogP contribution in [0.2, 0.25) is 0 Å². The molecule has 9 nitrogen and oxygen atoms in total. The quantitative estimate of drug-likeness (QED) is 0.316. The van der Waals surface area contributed by atoms with Crippen LogP contribution in [0, 0.1) is 5.41 Å². The van der Waals surface area contributed by atoms with Gasteiger partial charge in [0.25, 0.3) is 0 Å². The number of nitrogens with zero attached hydrogens (tertiary/aromatic N) is 4. The van der Waals surface area contributed by atoms with Crippen LogP contribution in [0.4, 0.5) is 15.1 Å². The minimum Gasteiger partial charge on any atom is -0.486 e. The van der Waals surface area contributed by atoms with E-state index in [1.165, 1.54) is 0 Å². The second-order valence-electron chi connectivity index (χ2n) is 9.45. The first-order valence-electron chi connectivity index (χ1n) is 10.9. The van der Waals surface area contributed by atoms with Crippen molar-refractivity contribution in [3.8, 4) is 5.75 Å². The summed E-state index contributed by atoms with van der Waals surface area (Å²) in [6.07, 6.45) is 5.31. The lowest BCUT2D eigenvalue weighted by atomic mass is 9.77.